The number of para-hydroxylation sites is 1. The zero-order chi connectivity index (χ0) is 13.4. The molecule has 0 fully saturated rings. The van der Waals surface area contributed by atoms with Gasteiger partial charge in [-0.15, -0.1) is 0 Å². The van der Waals surface area contributed by atoms with Crippen molar-refractivity contribution in [1.29, 1.82) is 0 Å². The zero-order valence-electron chi connectivity index (χ0n) is 11.1. The minimum Gasteiger partial charge on any atom is -0.469 e. The van der Waals surface area contributed by atoms with Crippen LogP contribution in [0.5, 0.6) is 0 Å². The SMILES string of the molecule is CCc1occc1C(N)c1cc2cccc(C)c2o1. The lowest BCUT2D eigenvalue weighted by atomic mass is 10.0. The molecule has 1 aromatic carbocycles. The van der Waals surface area contributed by atoms with Crippen LogP contribution in [-0.4, -0.2) is 0 Å². The van der Waals surface area contributed by atoms with Crippen LogP contribution in [0.4, 0.5) is 0 Å². The molecular weight excluding hydrogens is 238 g/mol. The quantitative estimate of drug-likeness (QED) is 0.771. The Balaban J connectivity index is 2.07. The Kier molecular flexibility index (Phi) is 2.91. The van der Waals surface area contributed by atoms with Gasteiger partial charge < -0.3 is 14.6 Å². The molecule has 0 aliphatic carbocycles. The van der Waals surface area contributed by atoms with Crippen LogP contribution in [0.25, 0.3) is 11.0 Å². The van der Waals surface area contributed by atoms with Gasteiger partial charge in [0.15, 0.2) is 0 Å². The summed E-state index contributed by atoms with van der Waals surface area (Å²) in [5, 5.41) is 1.09. The van der Waals surface area contributed by atoms with Crippen LogP contribution in [0, 0.1) is 6.92 Å². The largest absolute Gasteiger partial charge is 0.469 e. The zero-order valence-corrected chi connectivity index (χ0v) is 11.1. The van der Waals surface area contributed by atoms with Gasteiger partial charge >= 0.3 is 0 Å². The summed E-state index contributed by atoms with van der Waals surface area (Å²) in [6, 6.07) is 9.76. The molecular formula is C16H17NO2. The summed E-state index contributed by atoms with van der Waals surface area (Å²) in [5.41, 5.74) is 9.33. The second-order valence-electron chi connectivity index (χ2n) is 4.77. The Morgan fingerprint density at radius 2 is 2.11 bits per heavy atom. The molecule has 0 saturated carbocycles. The van der Waals surface area contributed by atoms with Crippen molar-refractivity contribution in [3.63, 3.8) is 0 Å². The highest BCUT2D eigenvalue weighted by molar-refractivity contribution is 5.81. The molecule has 1 atom stereocenters. The van der Waals surface area contributed by atoms with Gasteiger partial charge in [0, 0.05) is 17.4 Å². The summed E-state index contributed by atoms with van der Waals surface area (Å²) in [6.45, 7) is 4.09. The highest BCUT2D eigenvalue weighted by Crippen LogP contribution is 2.30. The van der Waals surface area contributed by atoms with Gasteiger partial charge in [-0.05, 0) is 24.6 Å². The average molecular weight is 255 g/mol. The lowest BCUT2D eigenvalue weighted by Gasteiger charge is -2.07. The highest BCUT2D eigenvalue weighted by Gasteiger charge is 2.19. The van der Waals surface area contributed by atoms with E-state index in [0.717, 1.165) is 40.0 Å². The smallest absolute Gasteiger partial charge is 0.137 e. The molecule has 0 bridgehead atoms. The molecule has 0 saturated heterocycles. The van der Waals surface area contributed by atoms with Gasteiger partial charge in [0.25, 0.3) is 0 Å². The standard InChI is InChI=1S/C16H17NO2/c1-3-13-12(7-8-18-13)15(17)14-9-11-6-4-5-10(2)16(11)19-14/h4-9,15H,3,17H2,1-2H3. The van der Waals surface area contributed by atoms with Gasteiger partial charge in [-0.2, -0.15) is 0 Å². The molecule has 19 heavy (non-hydrogen) atoms. The minimum absolute atomic E-state index is 0.277. The van der Waals surface area contributed by atoms with E-state index in [2.05, 4.69) is 6.92 Å². The number of hydrogen-bond donors (Lipinski definition) is 1. The maximum absolute atomic E-state index is 6.30. The van der Waals surface area contributed by atoms with Crippen molar-refractivity contribution in [2.24, 2.45) is 5.73 Å². The van der Waals surface area contributed by atoms with Crippen LogP contribution in [0.15, 0.2) is 45.4 Å². The number of rotatable bonds is 3. The molecule has 0 radical (unpaired) electrons. The third-order valence-electron chi connectivity index (χ3n) is 3.50. The van der Waals surface area contributed by atoms with E-state index >= 15 is 0 Å². The molecule has 3 nitrogen and oxygen atoms in total. The summed E-state index contributed by atoms with van der Waals surface area (Å²) in [6.07, 6.45) is 2.51. The molecule has 3 rings (SSSR count). The van der Waals surface area contributed by atoms with Crippen LogP contribution in [0.1, 0.15) is 35.6 Å². The minimum atomic E-state index is -0.277. The number of benzene rings is 1. The van der Waals surface area contributed by atoms with Crippen molar-refractivity contribution in [3.8, 4) is 0 Å². The van der Waals surface area contributed by atoms with E-state index in [1.54, 1.807) is 6.26 Å². The van der Waals surface area contributed by atoms with Gasteiger partial charge in [0.2, 0.25) is 0 Å². The monoisotopic (exact) mass is 255 g/mol. The summed E-state index contributed by atoms with van der Waals surface area (Å²) in [4.78, 5) is 0. The Morgan fingerprint density at radius 1 is 1.26 bits per heavy atom. The van der Waals surface area contributed by atoms with E-state index in [-0.39, 0.29) is 6.04 Å². The van der Waals surface area contributed by atoms with Gasteiger partial charge in [-0.1, -0.05) is 25.1 Å². The number of fused-ring (bicyclic) bond motifs is 1. The predicted molar refractivity (Wildman–Crippen MR) is 75.1 cm³/mol. The normalized spacial score (nSPS) is 13.0. The van der Waals surface area contributed by atoms with E-state index in [0.29, 0.717) is 0 Å². The molecule has 0 aliphatic heterocycles. The van der Waals surface area contributed by atoms with Crippen LogP contribution in [0.2, 0.25) is 0 Å². The summed E-state index contributed by atoms with van der Waals surface area (Å²) in [7, 11) is 0. The summed E-state index contributed by atoms with van der Waals surface area (Å²) >= 11 is 0. The fourth-order valence-electron chi connectivity index (χ4n) is 2.45. The van der Waals surface area contributed by atoms with Crippen molar-refractivity contribution < 1.29 is 8.83 Å². The highest BCUT2D eigenvalue weighted by atomic mass is 16.3. The Bertz CT molecular complexity index is 708. The van der Waals surface area contributed by atoms with E-state index in [4.69, 9.17) is 14.6 Å². The second kappa shape index (κ2) is 4.59. The molecule has 98 valence electrons. The van der Waals surface area contributed by atoms with Crippen molar-refractivity contribution >= 4 is 11.0 Å². The Labute approximate surface area is 112 Å². The van der Waals surface area contributed by atoms with E-state index in [9.17, 15) is 0 Å². The van der Waals surface area contributed by atoms with Crippen LogP contribution >= 0.6 is 0 Å². The van der Waals surface area contributed by atoms with Crippen LogP contribution < -0.4 is 5.73 Å². The lowest BCUT2D eigenvalue weighted by molar-refractivity contribution is 0.492. The van der Waals surface area contributed by atoms with Gasteiger partial charge in [0.1, 0.15) is 17.1 Å². The first-order valence-electron chi connectivity index (χ1n) is 6.51. The molecule has 3 aromatic rings. The van der Waals surface area contributed by atoms with Crippen molar-refractivity contribution in [1.82, 2.24) is 0 Å². The fraction of sp³-hybridized carbons (Fsp3) is 0.250. The first kappa shape index (κ1) is 12.1. The molecule has 1 unspecified atom stereocenters. The summed E-state index contributed by atoms with van der Waals surface area (Å²) < 4.78 is 11.3. The number of hydrogen-bond acceptors (Lipinski definition) is 3. The van der Waals surface area contributed by atoms with Gasteiger partial charge in [0.05, 0.1) is 12.3 Å². The van der Waals surface area contributed by atoms with Crippen molar-refractivity contribution in [3.05, 3.63) is 59.2 Å². The molecule has 3 heteroatoms. The molecule has 2 N–H and O–H groups in total. The molecule has 2 heterocycles. The third kappa shape index (κ3) is 1.96. The number of furan rings is 2. The third-order valence-corrected chi connectivity index (χ3v) is 3.50. The Morgan fingerprint density at radius 3 is 2.84 bits per heavy atom. The Hall–Kier alpha value is -2.00. The fourth-order valence-corrected chi connectivity index (χ4v) is 2.45. The molecule has 2 aromatic heterocycles. The lowest BCUT2D eigenvalue weighted by Crippen LogP contribution is -2.11. The molecule has 0 spiro atoms. The number of nitrogens with two attached hydrogens (primary N) is 1. The number of aryl methyl sites for hydroxylation is 2. The molecule has 0 aliphatic rings. The first-order chi connectivity index (χ1) is 9.20. The van der Waals surface area contributed by atoms with Crippen molar-refractivity contribution in [2.45, 2.75) is 26.3 Å². The van der Waals surface area contributed by atoms with Crippen molar-refractivity contribution in [2.75, 3.05) is 0 Å². The topological polar surface area (TPSA) is 52.3 Å². The molecule has 0 amide bonds. The predicted octanol–water partition coefficient (Wildman–Crippen LogP) is 3.94. The second-order valence-corrected chi connectivity index (χ2v) is 4.77. The maximum atomic E-state index is 6.30. The first-order valence-corrected chi connectivity index (χ1v) is 6.51. The maximum Gasteiger partial charge on any atom is 0.137 e. The van der Waals surface area contributed by atoms with E-state index < -0.39 is 0 Å². The summed E-state index contributed by atoms with van der Waals surface area (Å²) in [5.74, 6) is 1.70. The van der Waals surface area contributed by atoms with E-state index in [1.807, 2.05) is 37.3 Å². The van der Waals surface area contributed by atoms with E-state index in [1.165, 1.54) is 0 Å². The average Bonchev–Trinajstić information content (AvgIpc) is 3.04. The van der Waals surface area contributed by atoms with Gasteiger partial charge in [-0.25, -0.2) is 0 Å². The van der Waals surface area contributed by atoms with Crippen LogP contribution in [0.3, 0.4) is 0 Å². The van der Waals surface area contributed by atoms with Gasteiger partial charge in [-0.3, -0.25) is 0 Å². The van der Waals surface area contributed by atoms with Crippen LogP contribution in [-0.2, 0) is 6.42 Å².